The fourth-order valence-electron chi connectivity index (χ4n) is 3.38. The number of anilines is 2. The molecule has 0 saturated carbocycles. The van der Waals surface area contributed by atoms with Gasteiger partial charge in [-0.25, -0.2) is 24.3 Å². The van der Waals surface area contributed by atoms with Crippen molar-refractivity contribution in [3.8, 4) is 51.7 Å². The highest BCUT2D eigenvalue weighted by atomic mass is 19.1. The highest BCUT2D eigenvalue weighted by molar-refractivity contribution is 6.04. The van der Waals surface area contributed by atoms with E-state index in [1.807, 2.05) is 0 Å². The molecule has 0 fully saturated rings. The molecule has 3 N–H and O–H groups in total. The predicted octanol–water partition coefficient (Wildman–Crippen LogP) is 4.39. The Balaban J connectivity index is 1.72. The lowest BCUT2D eigenvalue weighted by Gasteiger charge is -2.15. The van der Waals surface area contributed by atoms with Crippen LogP contribution in [0.1, 0.15) is 12.6 Å². The van der Waals surface area contributed by atoms with Crippen molar-refractivity contribution in [3.63, 3.8) is 0 Å². The lowest BCUT2D eigenvalue weighted by molar-refractivity contribution is -0.111. The van der Waals surface area contributed by atoms with Crippen molar-refractivity contribution in [2.24, 2.45) is 0 Å². The first kappa shape index (κ1) is 24.1. The molecule has 4 rings (SSSR count). The van der Waals surface area contributed by atoms with Crippen LogP contribution in [0.25, 0.3) is 22.4 Å². The summed E-state index contributed by atoms with van der Waals surface area (Å²) in [5.41, 5.74) is 9.02. The van der Waals surface area contributed by atoms with E-state index in [1.165, 1.54) is 31.6 Å². The van der Waals surface area contributed by atoms with Crippen molar-refractivity contribution in [3.05, 3.63) is 66.4 Å². The van der Waals surface area contributed by atoms with Crippen LogP contribution in [-0.2, 0) is 4.79 Å². The molecule has 0 atom stereocenters. The van der Waals surface area contributed by atoms with Gasteiger partial charge in [0.15, 0.2) is 11.6 Å². The van der Waals surface area contributed by atoms with Gasteiger partial charge < -0.3 is 20.5 Å². The number of benzene rings is 2. The van der Waals surface area contributed by atoms with Gasteiger partial charge >= 0.3 is 6.01 Å². The SMILES string of the molecule is CC#CC(=O)Nc1ccc(-c2nc(N)ncc2-c2ccc(Oc3nccc(C)n3)c(F)c2)c(OC)c1. The molecule has 0 aliphatic carbocycles. The zero-order valence-electron chi connectivity index (χ0n) is 19.7. The van der Waals surface area contributed by atoms with Crippen molar-refractivity contribution in [2.75, 3.05) is 18.2 Å². The molecule has 0 radical (unpaired) electrons. The second kappa shape index (κ2) is 10.5. The van der Waals surface area contributed by atoms with Gasteiger partial charge in [-0.15, -0.1) is 0 Å². The minimum Gasteiger partial charge on any atom is -0.496 e. The first-order valence-electron chi connectivity index (χ1n) is 10.7. The number of halogens is 1. The number of hydrogen-bond donors (Lipinski definition) is 2. The molecule has 0 aliphatic heterocycles. The molecule has 0 saturated heterocycles. The Labute approximate surface area is 206 Å². The normalized spacial score (nSPS) is 10.2. The van der Waals surface area contributed by atoms with Crippen LogP contribution in [0.15, 0.2) is 54.9 Å². The van der Waals surface area contributed by atoms with Gasteiger partial charge in [-0.1, -0.05) is 12.0 Å². The molecule has 2 aromatic heterocycles. The van der Waals surface area contributed by atoms with Crippen molar-refractivity contribution in [1.29, 1.82) is 0 Å². The summed E-state index contributed by atoms with van der Waals surface area (Å²) in [5.74, 6) is 4.29. The third kappa shape index (κ3) is 5.37. The highest BCUT2D eigenvalue weighted by Gasteiger charge is 2.18. The van der Waals surface area contributed by atoms with Gasteiger partial charge in [-0.2, -0.15) is 0 Å². The van der Waals surface area contributed by atoms with E-state index in [2.05, 4.69) is 37.1 Å². The number of nitrogens with one attached hydrogen (secondary N) is 1. The van der Waals surface area contributed by atoms with E-state index in [9.17, 15) is 9.18 Å². The van der Waals surface area contributed by atoms with Crippen LogP contribution in [0.3, 0.4) is 0 Å². The fourth-order valence-corrected chi connectivity index (χ4v) is 3.38. The molecular formula is C26H21FN6O3. The number of nitrogen functional groups attached to an aromatic ring is 1. The molecule has 2 aromatic carbocycles. The minimum atomic E-state index is -0.623. The molecule has 1 amide bonds. The lowest BCUT2D eigenvalue weighted by Crippen LogP contribution is -2.08. The van der Waals surface area contributed by atoms with Crippen LogP contribution < -0.4 is 20.5 Å². The van der Waals surface area contributed by atoms with Crippen molar-refractivity contribution in [1.82, 2.24) is 19.9 Å². The summed E-state index contributed by atoms with van der Waals surface area (Å²) in [7, 11) is 1.49. The smallest absolute Gasteiger partial charge is 0.322 e. The Bertz CT molecular complexity index is 1510. The van der Waals surface area contributed by atoms with Crippen molar-refractivity contribution < 1.29 is 18.7 Å². The Morgan fingerprint density at radius 3 is 2.61 bits per heavy atom. The van der Waals surface area contributed by atoms with E-state index in [-0.39, 0.29) is 17.7 Å². The van der Waals surface area contributed by atoms with Crippen LogP contribution in [0.2, 0.25) is 0 Å². The van der Waals surface area contributed by atoms with Gasteiger partial charge in [0, 0.05) is 41.0 Å². The summed E-state index contributed by atoms with van der Waals surface area (Å²) in [6, 6.07) is 11.2. The van der Waals surface area contributed by atoms with Crippen molar-refractivity contribution >= 4 is 17.5 Å². The maximum atomic E-state index is 15.0. The number of methoxy groups -OCH3 is 1. The summed E-state index contributed by atoms with van der Waals surface area (Å²) < 4.78 is 26.0. The van der Waals surface area contributed by atoms with Crippen LogP contribution in [-0.4, -0.2) is 33.0 Å². The number of hydrogen-bond acceptors (Lipinski definition) is 8. The van der Waals surface area contributed by atoms with E-state index in [0.29, 0.717) is 39.5 Å². The predicted molar refractivity (Wildman–Crippen MR) is 133 cm³/mol. The first-order valence-corrected chi connectivity index (χ1v) is 10.7. The molecule has 9 nitrogen and oxygen atoms in total. The molecule has 10 heteroatoms. The monoisotopic (exact) mass is 484 g/mol. The number of nitrogens with zero attached hydrogens (tertiary/aromatic N) is 4. The standard InChI is InChI=1S/C26H21FN6O3/c1-4-5-23(34)32-17-7-8-18(22(13-17)35-3)24-19(14-30-25(28)33-24)16-6-9-21(20(27)12-16)36-26-29-11-10-15(2)31-26/h6-14H,1-3H3,(H,32,34)(H2,28,30,33). The van der Waals surface area contributed by atoms with Gasteiger partial charge in [-0.05, 0) is 55.7 Å². The van der Waals surface area contributed by atoms with Gasteiger partial charge in [0.05, 0.1) is 12.8 Å². The quantitative estimate of drug-likeness (QED) is 0.386. The molecular weight excluding hydrogens is 463 g/mol. The topological polar surface area (TPSA) is 125 Å². The fraction of sp³-hybridized carbons (Fsp3) is 0.115. The number of amides is 1. The second-order valence-electron chi connectivity index (χ2n) is 7.46. The van der Waals surface area contributed by atoms with Crippen LogP contribution in [0.5, 0.6) is 17.5 Å². The molecule has 0 spiro atoms. The van der Waals surface area contributed by atoms with Gasteiger partial charge in [0.1, 0.15) is 5.75 Å². The molecule has 0 unspecified atom stereocenters. The average molecular weight is 484 g/mol. The molecule has 180 valence electrons. The van der Waals surface area contributed by atoms with E-state index >= 15 is 0 Å². The van der Waals surface area contributed by atoms with Crippen LogP contribution >= 0.6 is 0 Å². The summed E-state index contributed by atoms with van der Waals surface area (Å²) in [4.78, 5) is 28.4. The number of carbonyl (C=O) groups is 1. The molecule has 2 heterocycles. The zero-order valence-corrected chi connectivity index (χ0v) is 19.7. The zero-order chi connectivity index (χ0) is 25.7. The molecule has 36 heavy (non-hydrogen) atoms. The van der Waals surface area contributed by atoms with Crippen molar-refractivity contribution in [2.45, 2.75) is 13.8 Å². The van der Waals surface area contributed by atoms with Gasteiger partial charge in [0.2, 0.25) is 5.95 Å². The summed E-state index contributed by atoms with van der Waals surface area (Å²) in [5, 5.41) is 2.67. The van der Waals surface area contributed by atoms with E-state index in [4.69, 9.17) is 15.2 Å². The third-order valence-electron chi connectivity index (χ3n) is 4.98. The maximum Gasteiger partial charge on any atom is 0.322 e. The summed E-state index contributed by atoms with van der Waals surface area (Å²) >= 11 is 0. The highest BCUT2D eigenvalue weighted by Crippen LogP contribution is 2.38. The second-order valence-corrected chi connectivity index (χ2v) is 7.46. The number of aryl methyl sites for hydroxylation is 1. The Kier molecular flexibility index (Phi) is 7.02. The van der Waals surface area contributed by atoms with E-state index < -0.39 is 11.7 Å². The largest absolute Gasteiger partial charge is 0.496 e. The summed E-state index contributed by atoms with van der Waals surface area (Å²) in [6.45, 7) is 3.35. The number of aromatic nitrogens is 4. The number of ether oxygens (including phenoxy) is 2. The third-order valence-corrected chi connectivity index (χ3v) is 4.98. The van der Waals surface area contributed by atoms with Crippen LogP contribution in [0.4, 0.5) is 16.0 Å². The van der Waals surface area contributed by atoms with Gasteiger partial charge in [0.25, 0.3) is 5.91 Å². The Morgan fingerprint density at radius 2 is 1.89 bits per heavy atom. The average Bonchev–Trinajstić information content (AvgIpc) is 2.85. The number of nitrogens with two attached hydrogens (primary N) is 1. The Morgan fingerprint density at radius 1 is 1.06 bits per heavy atom. The number of rotatable bonds is 6. The van der Waals surface area contributed by atoms with E-state index in [0.717, 1.165) is 0 Å². The number of carbonyl (C=O) groups excluding carboxylic acids is 1. The van der Waals surface area contributed by atoms with E-state index in [1.54, 1.807) is 44.2 Å². The first-order chi connectivity index (χ1) is 17.4. The minimum absolute atomic E-state index is 0.0309. The lowest BCUT2D eigenvalue weighted by atomic mass is 9.99. The van der Waals surface area contributed by atoms with Crippen LogP contribution in [0, 0.1) is 24.6 Å². The summed E-state index contributed by atoms with van der Waals surface area (Å²) in [6.07, 6.45) is 3.03. The van der Waals surface area contributed by atoms with Gasteiger partial charge in [-0.3, -0.25) is 4.79 Å². The maximum absolute atomic E-state index is 15.0. The molecule has 0 aliphatic rings. The Hall–Kier alpha value is -5.04. The molecule has 0 bridgehead atoms. The molecule has 4 aromatic rings.